The number of halogens is 3. The van der Waals surface area contributed by atoms with Gasteiger partial charge in [-0.15, -0.1) is 0 Å². The fourth-order valence-corrected chi connectivity index (χ4v) is 6.09. The zero-order valence-corrected chi connectivity index (χ0v) is 23.5. The van der Waals surface area contributed by atoms with Crippen LogP contribution in [0.1, 0.15) is 47.5 Å². The average Bonchev–Trinajstić information content (AvgIpc) is 2.79. The van der Waals surface area contributed by atoms with Crippen LogP contribution in [-0.2, 0) is 4.74 Å². The van der Waals surface area contributed by atoms with Gasteiger partial charge in [-0.25, -0.2) is 4.79 Å². The number of benzene rings is 3. The summed E-state index contributed by atoms with van der Waals surface area (Å²) in [5, 5.41) is 19.3. The van der Waals surface area contributed by atoms with E-state index in [2.05, 4.69) is 67.8 Å². The van der Waals surface area contributed by atoms with Crippen molar-refractivity contribution < 1.29 is 19.7 Å². The van der Waals surface area contributed by atoms with E-state index >= 15 is 0 Å². The van der Waals surface area contributed by atoms with Crippen molar-refractivity contribution in [3.63, 3.8) is 0 Å². The number of esters is 1. The topological polar surface area (TPSA) is 66.8 Å². The van der Waals surface area contributed by atoms with Crippen molar-refractivity contribution >= 4 is 73.7 Å². The zero-order chi connectivity index (χ0) is 22.8. The van der Waals surface area contributed by atoms with Gasteiger partial charge in [0.2, 0.25) is 0 Å². The van der Waals surface area contributed by atoms with Gasteiger partial charge in [0.15, 0.2) is 0 Å². The van der Waals surface area contributed by atoms with E-state index in [-0.39, 0.29) is 17.8 Å². The van der Waals surface area contributed by atoms with Gasteiger partial charge in [0.1, 0.15) is 17.6 Å². The summed E-state index contributed by atoms with van der Waals surface area (Å²) in [6.07, 6.45) is 3.54. The van der Waals surface area contributed by atoms with Crippen molar-refractivity contribution in [1.82, 2.24) is 0 Å². The van der Waals surface area contributed by atoms with E-state index in [1.54, 1.807) is 18.2 Å². The highest BCUT2D eigenvalue weighted by Crippen LogP contribution is 2.37. The average molecular weight is 766 g/mol. The van der Waals surface area contributed by atoms with Gasteiger partial charge in [0.25, 0.3) is 0 Å². The summed E-state index contributed by atoms with van der Waals surface area (Å²) in [5.74, 6) is 0.711. The first-order valence-corrected chi connectivity index (χ1v) is 13.5. The maximum Gasteiger partial charge on any atom is 0.339 e. The third kappa shape index (κ3) is 5.35. The molecular weight excluding hydrogens is 745 g/mol. The summed E-state index contributed by atoms with van der Waals surface area (Å²) < 4.78 is 8.62. The van der Waals surface area contributed by atoms with E-state index in [0.717, 1.165) is 47.5 Å². The van der Waals surface area contributed by atoms with E-state index in [0.29, 0.717) is 17.2 Å². The Morgan fingerprint density at radius 3 is 2.19 bits per heavy atom. The van der Waals surface area contributed by atoms with Crippen LogP contribution in [0.25, 0.3) is 11.1 Å². The van der Waals surface area contributed by atoms with Gasteiger partial charge in [-0.2, -0.15) is 0 Å². The largest absolute Gasteiger partial charge is 0.508 e. The van der Waals surface area contributed by atoms with Crippen molar-refractivity contribution in [2.45, 2.75) is 37.7 Å². The predicted molar refractivity (Wildman–Crippen MR) is 150 cm³/mol. The number of carbonyl (C=O) groups excluding carboxylic acids is 1. The molecule has 3 aromatic rings. The van der Waals surface area contributed by atoms with Crippen LogP contribution in [-0.4, -0.2) is 22.3 Å². The molecule has 0 atom stereocenters. The van der Waals surface area contributed by atoms with Crippen LogP contribution in [0.2, 0.25) is 0 Å². The highest BCUT2D eigenvalue weighted by Gasteiger charge is 2.27. The number of ether oxygens (including phenoxy) is 1. The molecule has 4 rings (SSSR count). The number of hydrogen-bond donors (Lipinski definition) is 2. The molecule has 1 fully saturated rings. The molecule has 1 saturated carbocycles. The number of rotatable bonds is 4. The third-order valence-electron chi connectivity index (χ3n) is 5.87. The molecular formula is C25H21I3O4. The van der Waals surface area contributed by atoms with Crippen LogP contribution in [0, 0.1) is 10.7 Å². The summed E-state index contributed by atoms with van der Waals surface area (Å²) in [6, 6.07) is 16.6. The Balaban J connectivity index is 1.41. The molecule has 0 spiro atoms. The Morgan fingerprint density at radius 1 is 0.844 bits per heavy atom. The molecule has 0 heterocycles. The molecule has 0 bridgehead atoms. The first-order chi connectivity index (χ1) is 15.3. The van der Waals surface area contributed by atoms with Gasteiger partial charge in [0, 0.05) is 7.14 Å². The molecule has 2 N–H and O–H groups in total. The molecule has 3 aromatic carbocycles. The molecule has 0 aromatic heterocycles. The Bertz CT molecular complexity index is 1140. The second-order valence-electron chi connectivity index (χ2n) is 7.93. The first-order valence-electron chi connectivity index (χ1n) is 10.3. The second-order valence-corrected chi connectivity index (χ2v) is 11.2. The van der Waals surface area contributed by atoms with Crippen LogP contribution < -0.4 is 0 Å². The highest BCUT2D eigenvalue weighted by molar-refractivity contribution is 14.1. The van der Waals surface area contributed by atoms with Crippen LogP contribution in [0.4, 0.5) is 0 Å². The number of aromatic hydroxyl groups is 2. The lowest BCUT2D eigenvalue weighted by Crippen LogP contribution is -2.24. The number of phenols is 2. The van der Waals surface area contributed by atoms with Gasteiger partial charge >= 0.3 is 5.97 Å². The predicted octanol–water partition coefficient (Wildman–Crippen LogP) is 7.46. The monoisotopic (exact) mass is 766 g/mol. The molecule has 4 nitrogen and oxygen atoms in total. The quantitative estimate of drug-likeness (QED) is 0.214. The minimum atomic E-state index is -0.271. The Labute approximate surface area is 228 Å². The molecule has 0 saturated heterocycles. The van der Waals surface area contributed by atoms with E-state index in [4.69, 9.17) is 4.74 Å². The Hall–Kier alpha value is -1.08. The maximum atomic E-state index is 12.9. The third-order valence-corrected chi connectivity index (χ3v) is 10.0. The van der Waals surface area contributed by atoms with E-state index in [9.17, 15) is 15.0 Å². The number of phenolic OH excluding ortho intramolecular Hbond substituents is 2. The normalized spacial score (nSPS) is 18.3. The van der Waals surface area contributed by atoms with Gasteiger partial charge in [0.05, 0.1) is 9.13 Å². The van der Waals surface area contributed by atoms with Gasteiger partial charge in [-0.3, -0.25) is 0 Å². The van der Waals surface area contributed by atoms with E-state index in [1.165, 1.54) is 5.56 Å². The van der Waals surface area contributed by atoms with Crippen molar-refractivity contribution in [2.75, 3.05) is 0 Å². The SMILES string of the molecule is O=C(OC1CCC(c2ccc(O)c(I)c2)CC1)c1ccc(-c2ccc(O)cc2)c(I)c1I. The molecule has 1 aliphatic rings. The Kier molecular flexibility index (Phi) is 7.86. The molecule has 0 unspecified atom stereocenters. The van der Waals surface area contributed by atoms with Gasteiger partial charge in [-0.1, -0.05) is 24.3 Å². The van der Waals surface area contributed by atoms with Crippen molar-refractivity contribution in [1.29, 1.82) is 0 Å². The minimum absolute atomic E-state index is 0.0693. The number of hydrogen-bond acceptors (Lipinski definition) is 4. The molecule has 7 heteroatoms. The summed E-state index contributed by atoms with van der Waals surface area (Å²) in [5.41, 5.74) is 3.85. The molecule has 1 aliphatic carbocycles. The van der Waals surface area contributed by atoms with E-state index < -0.39 is 0 Å². The second kappa shape index (κ2) is 10.5. The Morgan fingerprint density at radius 2 is 1.53 bits per heavy atom. The summed E-state index contributed by atoms with van der Waals surface area (Å²) in [4.78, 5) is 12.9. The molecule has 0 aliphatic heterocycles. The molecule has 0 amide bonds. The van der Waals surface area contributed by atoms with Crippen molar-refractivity contribution in [2.24, 2.45) is 0 Å². The summed E-state index contributed by atoms with van der Waals surface area (Å²) in [7, 11) is 0. The molecule has 32 heavy (non-hydrogen) atoms. The van der Waals surface area contributed by atoms with Crippen LogP contribution in [0.5, 0.6) is 11.5 Å². The lowest BCUT2D eigenvalue weighted by atomic mass is 9.83. The lowest BCUT2D eigenvalue weighted by Gasteiger charge is -2.29. The van der Waals surface area contributed by atoms with E-state index in [1.807, 2.05) is 36.4 Å². The fraction of sp³-hybridized carbons (Fsp3) is 0.240. The number of carbonyl (C=O) groups is 1. The first kappa shape index (κ1) is 24.1. The van der Waals surface area contributed by atoms with Crippen molar-refractivity contribution in [3.8, 4) is 22.6 Å². The maximum absolute atomic E-state index is 12.9. The van der Waals surface area contributed by atoms with Crippen LogP contribution >= 0.6 is 67.8 Å². The molecule has 0 radical (unpaired) electrons. The van der Waals surface area contributed by atoms with Crippen molar-refractivity contribution in [3.05, 3.63) is 76.4 Å². The summed E-state index contributed by atoms with van der Waals surface area (Å²) in [6.45, 7) is 0. The smallest absolute Gasteiger partial charge is 0.339 e. The summed E-state index contributed by atoms with van der Waals surface area (Å²) >= 11 is 6.63. The standard InChI is InChI=1S/C25H21I3O4/c26-21-13-16(5-12-22(21)30)14-3-8-18(9-4-14)32-25(31)20-11-10-19(23(27)24(20)28)15-1-6-17(29)7-2-15/h1-2,5-7,10-14,18,29-30H,3-4,8-9H2. The van der Waals surface area contributed by atoms with Gasteiger partial charge < -0.3 is 14.9 Å². The molecule has 166 valence electrons. The minimum Gasteiger partial charge on any atom is -0.508 e. The zero-order valence-electron chi connectivity index (χ0n) is 17.0. The van der Waals surface area contributed by atoms with Crippen LogP contribution in [0.15, 0.2) is 54.6 Å². The fourth-order valence-electron chi connectivity index (χ4n) is 4.08. The highest BCUT2D eigenvalue weighted by atomic mass is 127. The van der Waals surface area contributed by atoms with Crippen LogP contribution in [0.3, 0.4) is 0 Å². The lowest BCUT2D eigenvalue weighted by molar-refractivity contribution is 0.0194. The van der Waals surface area contributed by atoms with Gasteiger partial charge in [-0.05, 0) is 146 Å².